The summed E-state index contributed by atoms with van der Waals surface area (Å²) < 4.78 is 10.4. The number of hydrogen-bond donors (Lipinski definition) is 4. The van der Waals surface area contributed by atoms with Crippen LogP contribution in [0.2, 0.25) is 0 Å². The summed E-state index contributed by atoms with van der Waals surface area (Å²) in [6.45, 7) is 0.106. The van der Waals surface area contributed by atoms with Crippen molar-refractivity contribution in [3.8, 4) is 11.5 Å². The fourth-order valence-electron chi connectivity index (χ4n) is 2.40. The summed E-state index contributed by atoms with van der Waals surface area (Å²) in [5.41, 5.74) is 0.790. The van der Waals surface area contributed by atoms with Crippen molar-refractivity contribution in [2.24, 2.45) is 0 Å². The van der Waals surface area contributed by atoms with E-state index in [0.29, 0.717) is 22.7 Å². The first-order valence-corrected chi connectivity index (χ1v) is 7.47. The van der Waals surface area contributed by atoms with Crippen LogP contribution in [0, 0.1) is 0 Å². The van der Waals surface area contributed by atoms with Crippen molar-refractivity contribution in [1.82, 2.24) is 5.32 Å². The van der Waals surface area contributed by atoms with E-state index in [2.05, 4.69) is 10.6 Å². The van der Waals surface area contributed by atoms with E-state index in [1.807, 2.05) is 0 Å². The lowest BCUT2D eigenvalue weighted by Crippen LogP contribution is -2.46. The average molecular weight is 344 g/mol. The lowest BCUT2D eigenvalue weighted by atomic mass is 10.0. The van der Waals surface area contributed by atoms with Crippen LogP contribution in [0.3, 0.4) is 0 Å². The van der Waals surface area contributed by atoms with Crippen molar-refractivity contribution in [1.29, 1.82) is 0 Å². The molecule has 2 aromatic rings. The molecule has 0 aromatic heterocycles. The van der Waals surface area contributed by atoms with Crippen molar-refractivity contribution in [2.45, 2.75) is 12.1 Å². The Kier molecular flexibility index (Phi) is 4.71. The first-order chi connectivity index (χ1) is 12.0. The van der Waals surface area contributed by atoms with Crippen molar-refractivity contribution < 1.29 is 29.3 Å². The molecule has 0 aliphatic carbocycles. The standard InChI is InChI=1S/C17H16N2O6/c20-15(10-4-2-1-3-5-10)14(16(21)22)19-17(23)18-11-6-7-12-13(8-11)25-9-24-12/h1-8,14-15,20H,9H2,(H,21,22)(H2,18,19,23). The molecule has 1 aliphatic rings. The van der Waals surface area contributed by atoms with E-state index in [1.54, 1.807) is 48.5 Å². The monoisotopic (exact) mass is 344 g/mol. The molecule has 1 heterocycles. The molecule has 3 rings (SSSR count). The zero-order valence-electron chi connectivity index (χ0n) is 13.0. The average Bonchev–Trinajstić information content (AvgIpc) is 3.07. The summed E-state index contributed by atoms with van der Waals surface area (Å²) in [4.78, 5) is 23.5. The Labute approximate surface area is 143 Å². The molecular weight excluding hydrogens is 328 g/mol. The molecule has 0 fully saturated rings. The maximum absolute atomic E-state index is 12.1. The highest BCUT2D eigenvalue weighted by molar-refractivity contribution is 5.92. The molecule has 0 bridgehead atoms. The van der Waals surface area contributed by atoms with Gasteiger partial charge >= 0.3 is 12.0 Å². The summed E-state index contributed by atoms with van der Waals surface area (Å²) >= 11 is 0. The molecule has 0 spiro atoms. The minimum atomic E-state index is -1.50. The Bertz CT molecular complexity index is 780. The molecule has 2 unspecified atom stereocenters. The molecule has 8 heteroatoms. The smallest absolute Gasteiger partial charge is 0.329 e. The van der Waals surface area contributed by atoms with E-state index in [4.69, 9.17) is 9.47 Å². The van der Waals surface area contributed by atoms with E-state index in [-0.39, 0.29) is 6.79 Å². The summed E-state index contributed by atoms with van der Waals surface area (Å²) in [5.74, 6) is -0.303. The van der Waals surface area contributed by atoms with E-state index < -0.39 is 24.1 Å². The number of aliphatic carboxylic acids is 1. The normalized spacial score (nSPS) is 14.4. The predicted octanol–water partition coefficient (Wildman–Crippen LogP) is 1.72. The molecule has 2 aromatic carbocycles. The quantitative estimate of drug-likeness (QED) is 0.656. The third-order valence-corrected chi connectivity index (χ3v) is 3.64. The van der Waals surface area contributed by atoms with Gasteiger partial charge in [0, 0.05) is 11.8 Å². The maximum atomic E-state index is 12.1. The van der Waals surface area contributed by atoms with Gasteiger partial charge in [0.1, 0.15) is 6.10 Å². The highest BCUT2D eigenvalue weighted by Crippen LogP contribution is 2.34. The van der Waals surface area contributed by atoms with Gasteiger partial charge in [-0.05, 0) is 17.7 Å². The molecular formula is C17H16N2O6. The van der Waals surface area contributed by atoms with E-state index in [0.717, 1.165) is 0 Å². The number of nitrogens with one attached hydrogen (secondary N) is 2. The van der Waals surface area contributed by atoms with Gasteiger partial charge in [-0.15, -0.1) is 0 Å². The summed E-state index contributed by atoms with van der Waals surface area (Å²) in [6, 6.07) is 10.8. The third-order valence-electron chi connectivity index (χ3n) is 3.64. The van der Waals surface area contributed by atoms with Crippen molar-refractivity contribution in [3.05, 3.63) is 54.1 Å². The van der Waals surface area contributed by atoms with Gasteiger partial charge < -0.3 is 30.3 Å². The van der Waals surface area contributed by atoms with E-state index in [1.165, 1.54) is 0 Å². The van der Waals surface area contributed by atoms with Gasteiger partial charge in [0.05, 0.1) is 0 Å². The largest absolute Gasteiger partial charge is 0.480 e. The van der Waals surface area contributed by atoms with Crippen LogP contribution in [0.25, 0.3) is 0 Å². The summed E-state index contributed by atoms with van der Waals surface area (Å²) in [7, 11) is 0. The first-order valence-electron chi connectivity index (χ1n) is 7.47. The summed E-state index contributed by atoms with van der Waals surface area (Å²) in [5, 5.41) is 24.3. The second-order valence-corrected chi connectivity index (χ2v) is 5.34. The fourth-order valence-corrected chi connectivity index (χ4v) is 2.40. The first kappa shape index (κ1) is 16.6. The number of amides is 2. The van der Waals surface area contributed by atoms with Crippen LogP contribution >= 0.6 is 0 Å². The van der Waals surface area contributed by atoms with Gasteiger partial charge in [0.2, 0.25) is 6.79 Å². The molecule has 2 atom stereocenters. The van der Waals surface area contributed by atoms with Crippen LogP contribution in [0.15, 0.2) is 48.5 Å². The predicted molar refractivity (Wildman–Crippen MR) is 87.5 cm³/mol. The number of ether oxygens (including phenoxy) is 2. The van der Waals surface area contributed by atoms with E-state index >= 15 is 0 Å². The van der Waals surface area contributed by atoms with Gasteiger partial charge in [0.15, 0.2) is 17.5 Å². The molecule has 8 nitrogen and oxygen atoms in total. The topological polar surface area (TPSA) is 117 Å². The van der Waals surface area contributed by atoms with Crippen LogP contribution in [0.4, 0.5) is 10.5 Å². The number of hydrogen-bond acceptors (Lipinski definition) is 5. The van der Waals surface area contributed by atoms with Crippen LogP contribution in [0.1, 0.15) is 11.7 Å². The minimum Gasteiger partial charge on any atom is -0.480 e. The lowest BCUT2D eigenvalue weighted by molar-refractivity contribution is -0.142. The number of carbonyl (C=O) groups excluding carboxylic acids is 1. The number of fused-ring (bicyclic) bond motifs is 1. The number of aliphatic hydroxyl groups is 1. The van der Waals surface area contributed by atoms with E-state index in [9.17, 15) is 19.8 Å². The van der Waals surface area contributed by atoms with Gasteiger partial charge in [-0.2, -0.15) is 0 Å². The highest BCUT2D eigenvalue weighted by Gasteiger charge is 2.29. The Morgan fingerprint density at radius 3 is 2.48 bits per heavy atom. The molecule has 2 amide bonds. The van der Waals surface area contributed by atoms with Crippen LogP contribution < -0.4 is 20.1 Å². The number of aliphatic hydroxyl groups excluding tert-OH is 1. The molecule has 130 valence electrons. The molecule has 0 saturated carbocycles. The zero-order chi connectivity index (χ0) is 17.8. The summed E-state index contributed by atoms with van der Waals surface area (Å²) in [6.07, 6.45) is -1.39. The van der Waals surface area contributed by atoms with Crippen molar-refractivity contribution in [2.75, 3.05) is 12.1 Å². The maximum Gasteiger partial charge on any atom is 0.329 e. The molecule has 4 N–H and O–H groups in total. The van der Waals surface area contributed by atoms with Crippen LogP contribution in [-0.2, 0) is 4.79 Å². The number of carbonyl (C=O) groups is 2. The number of benzene rings is 2. The SMILES string of the molecule is O=C(Nc1ccc2c(c1)OCO2)NC(C(=O)O)C(O)c1ccccc1. The zero-order valence-corrected chi connectivity index (χ0v) is 13.0. The number of anilines is 1. The number of urea groups is 1. The second-order valence-electron chi connectivity index (χ2n) is 5.34. The van der Waals surface area contributed by atoms with Crippen LogP contribution in [0.5, 0.6) is 11.5 Å². The van der Waals surface area contributed by atoms with Crippen molar-refractivity contribution >= 4 is 17.7 Å². The Balaban J connectivity index is 1.68. The number of rotatable bonds is 5. The van der Waals surface area contributed by atoms with Gasteiger partial charge in [0.25, 0.3) is 0 Å². The number of carboxylic acids is 1. The van der Waals surface area contributed by atoms with Gasteiger partial charge in [-0.3, -0.25) is 0 Å². The Morgan fingerprint density at radius 1 is 1.04 bits per heavy atom. The molecule has 0 radical (unpaired) electrons. The third kappa shape index (κ3) is 3.81. The molecule has 25 heavy (non-hydrogen) atoms. The van der Waals surface area contributed by atoms with Crippen LogP contribution in [-0.4, -0.2) is 35.0 Å². The van der Waals surface area contributed by atoms with Gasteiger partial charge in [-0.1, -0.05) is 30.3 Å². The highest BCUT2D eigenvalue weighted by atomic mass is 16.7. The minimum absolute atomic E-state index is 0.106. The fraction of sp³-hybridized carbons (Fsp3) is 0.176. The van der Waals surface area contributed by atoms with Crippen molar-refractivity contribution in [3.63, 3.8) is 0 Å². The Hall–Kier alpha value is -3.26. The van der Waals surface area contributed by atoms with Gasteiger partial charge in [-0.25, -0.2) is 9.59 Å². The number of carboxylic acid groups (broad SMARTS) is 1. The second kappa shape index (κ2) is 7.10. The molecule has 0 saturated heterocycles. The molecule has 1 aliphatic heterocycles. The Morgan fingerprint density at radius 2 is 1.76 bits per heavy atom. The lowest BCUT2D eigenvalue weighted by Gasteiger charge is -2.21.